The van der Waals surface area contributed by atoms with Gasteiger partial charge in [-0.2, -0.15) is 0 Å². The van der Waals surface area contributed by atoms with Crippen molar-refractivity contribution in [3.8, 4) is 11.3 Å². The van der Waals surface area contributed by atoms with Gasteiger partial charge in [0.25, 0.3) is 5.56 Å². The van der Waals surface area contributed by atoms with Crippen LogP contribution in [-0.4, -0.2) is 9.78 Å². The van der Waals surface area contributed by atoms with Gasteiger partial charge in [0.2, 0.25) is 0 Å². The van der Waals surface area contributed by atoms with Gasteiger partial charge < -0.3 is 0 Å². The maximum absolute atomic E-state index is 12.0. The van der Waals surface area contributed by atoms with Crippen LogP contribution in [0.4, 0.5) is 0 Å². The summed E-state index contributed by atoms with van der Waals surface area (Å²) in [6, 6.07) is 19.4. The normalized spacial score (nSPS) is 10.7. The van der Waals surface area contributed by atoms with Crippen molar-refractivity contribution < 1.29 is 0 Å². The standard InChI is InChI=1S/C16H13BrN2O/c17-14-8-6-12(7-9-14)11-19-16(20)10-15(18-19)13-4-2-1-3-5-13/h1-10,18H,11H2. The molecular formula is C16H13BrN2O. The summed E-state index contributed by atoms with van der Waals surface area (Å²) >= 11 is 3.40. The fourth-order valence-corrected chi connectivity index (χ4v) is 2.35. The zero-order valence-electron chi connectivity index (χ0n) is 10.7. The van der Waals surface area contributed by atoms with E-state index in [1.165, 1.54) is 0 Å². The van der Waals surface area contributed by atoms with Gasteiger partial charge in [0.1, 0.15) is 0 Å². The molecule has 0 saturated heterocycles. The zero-order chi connectivity index (χ0) is 13.9. The molecule has 4 heteroatoms. The minimum Gasteiger partial charge on any atom is -0.295 e. The predicted molar refractivity (Wildman–Crippen MR) is 83.7 cm³/mol. The fourth-order valence-electron chi connectivity index (χ4n) is 2.09. The molecule has 100 valence electrons. The van der Waals surface area contributed by atoms with Crippen molar-refractivity contribution >= 4 is 15.9 Å². The molecule has 0 radical (unpaired) electrons. The number of rotatable bonds is 3. The Balaban J connectivity index is 1.90. The summed E-state index contributed by atoms with van der Waals surface area (Å²) in [5.41, 5.74) is 2.91. The summed E-state index contributed by atoms with van der Waals surface area (Å²) < 4.78 is 2.65. The minimum absolute atomic E-state index is 0.0215. The molecule has 1 aromatic heterocycles. The van der Waals surface area contributed by atoms with Crippen molar-refractivity contribution in [1.29, 1.82) is 0 Å². The number of nitrogens with one attached hydrogen (secondary N) is 1. The number of aromatic nitrogens is 2. The van der Waals surface area contributed by atoms with Crippen molar-refractivity contribution in [2.24, 2.45) is 0 Å². The molecule has 20 heavy (non-hydrogen) atoms. The highest BCUT2D eigenvalue weighted by Crippen LogP contribution is 2.15. The van der Waals surface area contributed by atoms with E-state index >= 15 is 0 Å². The Labute approximate surface area is 125 Å². The Morgan fingerprint density at radius 3 is 2.40 bits per heavy atom. The van der Waals surface area contributed by atoms with E-state index in [0.29, 0.717) is 6.54 Å². The highest BCUT2D eigenvalue weighted by molar-refractivity contribution is 9.10. The van der Waals surface area contributed by atoms with Gasteiger partial charge in [-0.1, -0.05) is 58.4 Å². The van der Waals surface area contributed by atoms with Crippen molar-refractivity contribution in [1.82, 2.24) is 9.78 Å². The van der Waals surface area contributed by atoms with Crippen molar-refractivity contribution in [3.63, 3.8) is 0 Å². The van der Waals surface area contributed by atoms with Crippen LogP contribution in [0.2, 0.25) is 0 Å². The fraction of sp³-hybridized carbons (Fsp3) is 0.0625. The molecule has 0 amide bonds. The molecule has 0 spiro atoms. The number of H-pyrrole nitrogens is 1. The average Bonchev–Trinajstić information content (AvgIpc) is 2.84. The Bertz CT molecular complexity index is 757. The third-order valence-electron chi connectivity index (χ3n) is 3.13. The molecule has 0 atom stereocenters. The number of aromatic amines is 1. The zero-order valence-corrected chi connectivity index (χ0v) is 12.3. The van der Waals surface area contributed by atoms with Crippen LogP contribution in [-0.2, 0) is 6.54 Å². The van der Waals surface area contributed by atoms with Crippen LogP contribution in [0.15, 0.2) is 69.9 Å². The first-order valence-electron chi connectivity index (χ1n) is 6.32. The smallest absolute Gasteiger partial charge is 0.267 e. The monoisotopic (exact) mass is 328 g/mol. The first-order valence-corrected chi connectivity index (χ1v) is 7.11. The molecule has 0 unspecified atom stereocenters. The van der Waals surface area contributed by atoms with Gasteiger partial charge in [-0.25, -0.2) is 4.68 Å². The van der Waals surface area contributed by atoms with Crippen LogP contribution < -0.4 is 5.56 Å². The first-order chi connectivity index (χ1) is 9.72. The largest absolute Gasteiger partial charge is 0.295 e. The van der Waals surface area contributed by atoms with Gasteiger partial charge >= 0.3 is 0 Å². The van der Waals surface area contributed by atoms with Crippen LogP contribution in [0.5, 0.6) is 0 Å². The lowest BCUT2D eigenvalue weighted by molar-refractivity contribution is 0.666. The first kappa shape index (κ1) is 12.9. The van der Waals surface area contributed by atoms with Crippen LogP contribution in [0.3, 0.4) is 0 Å². The number of benzene rings is 2. The number of hydrogen-bond donors (Lipinski definition) is 1. The van der Waals surface area contributed by atoms with Crippen molar-refractivity contribution in [3.05, 3.63) is 81.1 Å². The molecule has 3 rings (SSSR count). The van der Waals surface area contributed by atoms with E-state index in [4.69, 9.17) is 0 Å². The van der Waals surface area contributed by atoms with E-state index in [2.05, 4.69) is 21.0 Å². The van der Waals surface area contributed by atoms with Gasteiger partial charge in [-0.05, 0) is 23.3 Å². The Morgan fingerprint density at radius 2 is 1.70 bits per heavy atom. The third-order valence-corrected chi connectivity index (χ3v) is 3.66. The molecule has 2 aromatic carbocycles. The van der Waals surface area contributed by atoms with Crippen LogP contribution in [0.25, 0.3) is 11.3 Å². The second-order valence-corrected chi connectivity index (χ2v) is 5.50. The lowest BCUT2D eigenvalue weighted by atomic mass is 10.2. The molecule has 0 bridgehead atoms. The second kappa shape index (κ2) is 5.51. The van der Waals surface area contributed by atoms with E-state index in [-0.39, 0.29) is 5.56 Å². The molecule has 0 saturated carbocycles. The Hall–Kier alpha value is -2.07. The summed E-state index contributed by atoms with van der Waals surface area (Å²) in [5, 5.41) is 3.15. The molecule has 0 aliphatic rings. The lowest BCUT2D eigenvalue weighted by Gasteiger charge is -2.03. The maximum Gasteiger partial charge on any atom is 0.267 e. The lowest BCUT2D eigenvalue weighted by Crippen LogP contribution is -2.16. The van der Waals surface area contributed by atoms with Gasteiger partial charge in [0.05, 0.1) is 12.2 Å². The molecule has 1 N–H and O–H groups in total. The minimum atomic E-state index is -0.0215. The quantitative estimate of drug-likeness (QED) is 0.782. The van der Waals surface area contributed by atoms with E-state index in [1.54, 1.807) is 10.7 Å². The van der Waals surface area contributed by atoms with Crippen LogP contribution in [0.1, 0.15) is 5.56 Å². The van der Waals surface area contributed by atoms with Gasteiger partial charge in [-0.3, -0.25) is 9.89 Å². The molecule has 0 aliphatic carbocycles. The number of nitrogens with zero attached hydrogens (tertiary/aromatic N) is 1. The van der Waals surface area contributed by atoms with E-state index in [9.17, 15) is 4.79 Å². The molecular weight excluding hydrogens is 316 g/mol. The summed E-state index contributed by atoms with van der Waals surface area (Å²) in [7, 11) is 0. The van der Waals surface area contributed by atoms with Gasteiger partial charge in [-0.15, -0.1) is 0 Å². The topological polar surface area (TPSA) is 37.8 Å². The Kier molecular flexibility index (Phi) is 3.56. The van der Waals surface area contributed by atoms with E-state index in [0.717, 1.165) is 21.3 Å². The predicted octanol–water partition coefficient (Wildman–Crippen LogP) is 3.65. The summed E-state index contributed by atoms with van der Waals surface area (Å²) in [4.78, 5) is 12.0. The van der Waals surface area contributed by atoms with Crippen LogP contribution >= 0.6 is 15.9 Å². The number of halogens is 1. The highest BCUT2D eigenvalue weighted by Gasteiger charge is 2.05. The molecule has 3 aromatic rings. The summed E-state index contributed by atoms with van der Waals surface area (Å²) in [6.45, 7) is 0.541. The molecule has 0 aliphatic heterocycles. The Morgan fingerprint density at radius 1 is 1.00 bits per heavy atom. The van der Waals surface area contributed by atoms with Crippen molar-refractivity contribution in [2.75, 3.05) is 0 Å². The SMILES string of the molecule is O=c1cc(-c2ccccc2)[nH]n1Cc1ccc(Br)cc1. The average molecular weight is 329 g/mol. The maximum atomic E-state index is 12.0. The second-order valence-electron chi connectivity index (χ2n) is 4.59. The van der Waals surface area contributed by atoms with E-state index < -0.39 is 0 Å². The summed E-state index contributed by atoms with van der Waals surface area (Å²) in [5.74, 6) is 0. The molecule has 3 nitrogen and oxygen atoms in total. The third kappa shape index (κ3) is 2.75. The van der Waals surface area contributed by atoms with Gasteiger partial charge in [0.15, 0.2) is 0 Å². The highest BCUT2D eigenvalue weighted by atomic mass is 79.9. The van der Waals surface area contributed by atoms with Crippen LogP contribution in [0, 0.1) is 0 Å². The molecule has 1 heterocycles. The summed E-state index contributed by atoms with van der Waals surface area (Å²) in [6.07, 6.45) is 0. The molecule has 0 fully saturated rings. The van der Waals surface area contributed by atoms with Gasteiger partial charge in [0, 0.05) is 10.5 Å². The van der Waals surface area contributed by atoms with E-state index in [1.807, 2.05) is 54.6 Å². The van der Waals surface area contributed by atoms with Crippen molar-refractivity contribution in [2.45, 2.75) is 6.54 Å². The number of hydrogen-bond acceptors (Lipinski definition) is 1.